The maximum absolute atomic E-state index is 4.88. The van der Waals surface area contributed by atoms with Gasteiger partial charge in [-0.1, -0.05) is 6.08 Å². The van der Waals surface area contributed by atoms with E-state index >= 15 is 0 Å². The molecule has 0 bridgehead atoms. The van der Waals surface area contributed by atoms with Crippen LogP contribution in [0.1, 0.15) is 6.42 Å². The van der Waals surface area contributed by atoms with Gasteiger partial charge in [0.05, 0.1) is 7.11 Å². The van der Waals surface area contributed by atoms with Gasteiger partial charge in [-0.15, -0.1) is 0 Å². The van der Waals surface area contributed by atoms with Crippen molar-refractivity contribution in [2.24, 2.45) is 9.98 Å². The van der Waals surface area contributed by atoms with Crippen molar-refractivity contribution in [3.63, 3.8) is 0 Å². The number of aliphatic imine (C=N–C) groups is 2. The van der Waals surface area contributed by atoms with Crippen LogP contribution in [0.25, 0.3) is 0 Å². The van der Waals surface area contributed by atoms with E-state index in [0.717, 1.165) is 6.42 Å². The van der Waals surface area contributed by atoms with E-state index in [1.165, 1.54) is 6.34 Å². The molecule has 1 heterocycles. The summed E-state index contributed by atoms with van der Waals surface area (Å²) in [6.07, 6.45) is 5.81. The lowest BCUT2D eigenvalue weighted by atomic mass is 10.4. The summed E-state index contributed by atoms with van der Waals surface area (Å²) in [6.45, 7) is 0. The summed E-state index contributed by atoms with van der Waals surface area (Å²) in [4.78, 5) is 7.68. The molecule has 0 N–H and O–H groups in total. The number of methoxy groups -OCH3 is 1. The highest BCUT2D eigenvalue weighted by Gasteiger charge is 1.93. The Kier molecular flexibility index (Phi) is 2.01. The molecular formula is C6H8N2O. The molecule has 48 valence electrons. The summed E-state index contributed by atoms with van der Waals surface area (Å²) in [5.74, 6) is 0.701. The fourth-order valence-electron chi connectivity index (χ4n) is 0.539. The molecule has 0 spiro atoms. The van der Waals surface area contributed by atoms with E-state index in [0.29, 0.717) is 5.90 Å². The molecule has 0 atom stereocenters. The SMILES string of the molecule is COC1=NC=NC=CC1. The number of ether oxygens (including phenoxy) is 1. The first-order chi connectivity index (χ1) is 4.43. The van der Waals surface area contributed by atoms with Crippen molar-refractivity contribution < 1.29 is 4.74 Å². The van der Waals surface area contributed by atoms with E-state index in [4.69, 9.17) is 4.74 Å². The lowest BCUT2D eigenvalue weighted by Crippen LogP contribution is -1.97. The highest BCUT2D eigenvalue weighted by molar-refractivity contribution is 5.85. The second-order valence-corrected chi connectivity index (χ2v) is 1.58. The average molecular weight is 124 g/mol. The van der Waals surface area contributed by atoms with Crippen LogP contribution in [0.15, 0.2) is 22.3 Å². The van der Waals surface area contributed by atoms with E-state index in [9.17, 15) is 0 Å². The monoisotopic (exact) mass is 124 g/mol. The van der Waals surface area contributed by atoms with Gasteiger partial charge in [0, 0.05) is 12.6 Å². The summed E-state index contributed by atoms with van der Waals surface area (Å²) >= 11 is 0. The van der Waals surface area contributed by atoms with Crippen LogP contribution in [0.2, 0.25) is 0 Å². The molecular weight excluding hydrogens is 116 g/mol. The van der Waals surface area contributed by atoms with Gasteiger partial charge in [-0.2, -0.15) is 0 Å². The molecule has 0 radical (unpaired) electrons. The molecule has 9 heavy (non-hydrogen) atoms. The van der Waals surface area contributed by atoms with Gasteiger partial charge >= 0.3 is 0 Å². The standard InChI is InChI=1S/C6H8N2O/c1-9-6-3-2-4-7-5-8-6/h2,4-5H,3H2,1H3. The zero-order valence-corrected chi connectivity index (χ0v) is 5.24. The summed E-state index contributed by atoms with van der Waals surface area (Å²) in [5, 5.41) is 0. The molecule has 0 fully saturated rings. The molecule has 1 aliphatic rings. The second kappa shape index (κ2) is 3.02. The van der Waals surface area contributed by atoms with Crippen molar-refractivity contribution >= 4 is 12.2 Å². The quantitative estimate of drug-likeness (QED) is 0.474. The topological polar surface area (TPSA) is 34.0 Å². The molecule has 0 aromatic heterocycles. The van der Waals surface area contributed by atoms with Crippen molar-refractivity contribution in [2.45, 2.75) is 6.42 Å². The predicted molar refractivity (Wildman–Crippen MR) is 36.7 cm³/mol. The van der Waals surface area contributed by atoms with Crippen molar-refractivity contribution in [1.82, 2.24) is 0 Å². The Morgan fingerprint density at radius 1 is 1.67 bits per heavy atom. The molecule has 1 aliphatic heterocycles. The van der Waals surface area contributed by atoms with Gasteiger partial charge in [0.1, 0.15) is 6.34 Å². The largest absolute Gasteiger partial charge is 0.484 e. The molecule has 0 aromatic carbocycles. The van der Waals surface area contributed by atoms with Crippen LogP contribution >= 0.6 is 0 Å². The van der Waals surface area contributed by atoms with Gasteiger partial charge in [-0.05, 0) is 0 Å². The van der Waals surface area contributed by atoms with Crippen molar-refractivity contribution in [2.75, 3.05) is 7.11 Å². The minimum atomic E-state index is 0.701. The van der Waals surface area contributed by atoms with Gasteiger partial charge in [0.15, 0.2) is 5.90 Å². The summed E-state index contributed by atoms with van der Waals surface area (Å²) in [5.41, 5.74) is 0. The highest BCUT2D eigenvalue weighted by Crippen LogP contribution is 1.93. The maximum Gasteiger partial charge on any atom is 0.193 e. The smallest absolute Gasteiger partial charge is 0.193 e. The second-order valence-electron chi connectivity index (χ2n) is 1.58. The van der Waals surface area contributed by atoms with Crippen LogP contribution in [-0.2, 0) is 4.74 Å². The highest BCUT2D eigenvalue weighted by atomic mass is 16.5. The molecule has 0 aromatic rings. The van der Waals surface area contributed by atoms with E-state index < -0.39 is 0 Å². The minimum absolute atomic E-state index is 0.701. The third-order valence-corrected chi connectivity index (χ3v) is 0.988. The van der Waals surface area contributed by atoms with Gasteiger partial charge < -0.3 is 4.74 Å². The first kappa shape index (κ1) is 6.01. The lowest BCUT2D eigenvalue weighted by Gasteiger charge is -1.95. The Bertz CT molecular complexity index is 170. The van der Waals surface area contributed by atoms with Crippen LogP contribution in [0, 0.1) is 0 Å². The zero-order chi connectivity index (χ0) is 6.53. The molecule has 0 saturated heterocycles. The third-order valence-electron chi connectivity index (χ3n) is 0.988. The van der Waals surface area contributed by atoms with E-state index in [-0.39, 0.29) is 0 Å². The number of nitrogens with zero attached hydrogens (tertiary/aromatic N) is 2. The molecule has 0 amide bonds. The molecule has 1 rings (SSSR count). The average Bonchev–Trinajstić information content (AvgIpc) is 2.13. The minimum Gasteiger partial charge on any atom is -0.484 e. The fraction of sp³-hybridized carbons (Fsp3) is 0.333. The predicted octanol–water partition coefficient (Wildman–Crippen LogP) is 0.977. The van der Waals surface area contributed by atoms with Crippen LogP contribution in [0.3, 0.4) is 0 Å². The van der Waals surface area contributed by atoms with Gasteiger partial charge in [-0.3, -0.25) is 0 Å². The van der Waals surface area contributed by atoms with Crippen LogP contribution < -0.4 is 0 Å². The summed E-state index contributed by atoms with van der Waals surface area (Å²) < 4.78 is 4.88. The molecule has 0 saturated carbocycles. The van der Waals surface area contributed by atoms with Gasteiger partial charge in [0.2, 0.25) is 0 Å². The Balaban J connectivity index is 2.62. The van der Waals surface area contributed by atoms with Crippen molar-refractivity contribution in [1.29, 1.82) is 0 Å². The van der Waals surface area contributed by atoms with Crippen molar-refractivity contribution in [3.05, 3.63) is 12.3 Å². The Hall–Kier alpha value is -1.12. The number of hydrogen-bond acceptors (Lipinski definition) is 3. The van der Waals surface area contributed by atoms with Gasteiger partial charge in [-0.25, -0.2) is 9.98 Å². The number of hydrogen-bond donors (Lipinski definition) is 0. The summed E-state index contributed by atoms with van der Waals surface area (Å²) in [6, 6.07) is 0. The van der Waals surface area contributed by atoms with Crippen LogP contribution in [0.5, 0.6) is 0 Å². The Labute approximate surface area is 53.8 Å². The van der Waals surface area contributed by atoms with Crippen LogP contribution in [0.4, 0.5) is 0 Å². The molecule has 3 nitrogen and oxygen atoms in total. The Morgan fingerprint density at radius 2 is 2.56 bits per heavy atom. The lowest BCUT2D eigenvalue weighted by molar-refractivity contribution is 0.396. The third kappa shape index (κ3) is 1.68. The molecule has 3 heteroatoms. The van der Waals surface area contributed by atoms with E-state index in [1.807, 2.05) is 6.08 Å². The summed E-state index contributed by atoms with van der Waals surface area (Å²) in [7, 11) is 1.60. The van der Waals surface area contributed by atoms with Crippen LogP contribution in [-0.4, -0.2) is 19.3 Å². The van der Waals surface area contributed by atoms with E-state index in [2.05, 4.69) is 9.98 Å². The van der Waals surface area contributed by atoms with Crippen molar-refractivity contribution in [3.8, 4) is 0 Å². The normalized spacial score (nSPS) is 16.8. The zero-order valence-electron chi connectivity index (χ0n) is 5.24. The maximum atomic E-state index is 4.88. The first-order valence-electron chi connectivity index (χ1n) is 2.71. The first-order valence-corrected chi connectivity index (χ1v) is 2.71. The van der Waals surface area contributed by atoms with E-state index in [1.54, 1.807) is 13.3 Å². The Morgan fingerprint density at radius 3 is 3.33 bits per heavy atom. The van der Waals surface area contributed by atoms with Gasteiger partial charge in [0.25, 0.3) is 0 Å². The fourth-order valence-corrected chi connectivity index (χ4v) is 0.539. The molecule has 0 unspecified atom stereocenters. The molecule has 0 aliphatic carbocycles. The number of rotatable bonds is 0.